The Hall–Kier alpha value is -3.10. The molecule has 8 nitrogen and oxygen atoms in total. The number of benzene rings is 2. The predicted octanol–water partition coefficient (Wildman–Crippen LogP) is 4.97. The number of likely N-dealkylation sites (N-methyl/N-ethyl adjacent to an activating group) is 1. The van der Waals surface area contributed by atoms with Crippen molar-refractivity contribution in [3.63, 3.8) is 0 Å². The number of phenolic OH excluding ortho intramolecular Hbond substituents is 1. The molecule has 0 fully saturated rings. The number of carbonyl (C=O) groups excluding carboxylic acids is 1. The molecular formula is C32H53N5O3. The van der Waals surface area contributed by atoms with Crippen LogP contribution in [-0.2, 0) is 16.6 Å². The summed E-state index contributed by atoms with van der Waals surface area (Å²) in [6.07, 6.45) is 1.88. The van der Waals surface area contributed by atoms with Crippen LogP contribution >= 0.6 is 0 Å². The minimum Gasteiger partial charge on any atom is -0.507 e. The topological polar surface area (TPSA) is 126 Å². The van der Waals surface area contributed by atoms with Crippen LogP contribution in [0.4, 0.5) is 5.69 Å². The van der Waals surface area contributed by atoms with E-state index in [2.05, 4.69) is 69.7 Å². The van der Waals surface area contributed by atoms with Crippen molar-refractivity contribution in [2.75, 3.05) is 51.6 Å². The van der Waals surface area contributed by atoms with Gasteiger partial charge in [-0.15, -0.1) is 0 Å². The molecule has 3 rings (SSSR count). The molecule has 6 N–H and O–H groups in total. The van der Waals surface area contributed by atoms with Gasteiger partial charge in [-0.1, -0.05) is 47.6 Å². The van der Waals surface area contributed by atoms with Crippen LogP contribution < -0.4 is 16.8 Å². The normalized spacial score (nSPS) is 12.5. The Kier molecular flexibility index (Phi) is 15.3. The molecule has 0 amide bonds. The van der Waals surface area contributed by atoms with Gasteiger partial charge >= 0.3 is 5.97 Å². The predicted molar refractivity (Wildman–Crippen MR) is 169 cm³/mol. The second kappa shape index (κ2) is 17.6. The number of aryl methyl sites for hydroxylation is 1. The molecule has 1 aliphatic rings. The number of hydrogen-bond acceptors (Lipinski definition) is 8. The standard InChI is InChI=1S/C16H24N2O.C13H20N2O2.C3H9N/c1-10-8-13(16(3,4)5)15(19)11(2)12(10)9-14-17-6-7-18-14;1-3-15(4-2)9-10-17-13(16)11-5-7-12(14)8-6-11;1-2-3-4/h8,19H,6-7,9H2,1-5H3,(H,17,18);5-8H,3-4,9-10,14H2,1-2H3;2-4H2,1H3. The van der Waals surface area contributed by atoms with Gasteiger partial charge < -0.3 is 31.5 Å². The molecule has 1 aliphatic heterocycles. The number of esters is 1. The molecule has 8 heteroatoms. The molecule has 0 radical (unpaired) electrons. The van der Waals surface area contributed by atoms with Crippen molar-refractivity contribution in [1.29, 1.82) is 0 Å². The first kappa shape index (κ1) is 34.9. The van der Waals surface area contributed by atoms with Gasteiger partial charge in [0, 0.05) is 25.2 Å². The van der Waals surface area contributed by atoms with Crippen molar-refractivity contribution in [2.45, 2.75) is 73.6 Å². The molecular weight excluding hydrogens is 502 g/mol. The Morgan fingerprint density at radius 1 is 1.12 bits per heavy atom. The van der Waals surface area contributed by atoms with Crippen LogP contribution in [0.3, 0.4) is 0 Å². The molecule has 0 bridgehead atoms. The van der Waals surface area contributed by atoms with Crippen LogP contribution in [-0.4, -0.2) is 67.7 Å². The fourth-order valence-electron chi connectivity index (χ4n) is 4.10. The van der Waals surface area contributed by atoms with Crippen LogP contribution in [0.1, 0.15) is 80.6 Å². The van der Waals surface area contributed by atoms with E-state index in [9.17, 15) is 9.90 Å². The lowest BCUT2D eigenvalue weighted by Gasteiger charge is -2.24. The van der Waals surface area contributed by atoms with Crippen molar-refractivity contribution < 1.29 is 14.6 Å². The van der Waals surface area contributed by atoms with Gasteiger partial charge in [-0.25, -0.2) is 4.79 Å². The fraction of sp³-hybridized carbons (Fsp3) is 0.562. The van der Waals surface area contributed by atoms with Crippen molar-refractivity contribution in [1.82, 2.24) is 10.2 Å². The third-order valence-corrected chi connectivity index (χ3v) is 6.77. The maximum atomic E-state index is 11.6. The maximum absolute atomic E-state index is 11.6. The van der Waals surface area contributed by atoms with Gasteiger partial charge in [-0.2, -0.15) is 0 Å². The quantitative estimate of drug-likeness (QED) is 0.254. The molecule has 0 aliphatic carbocycles. The second-order valence-electron chi connectivity index (χ2n) is 10.9. The van der Waals surface area contributed by atoms with Crippen molar-refractivity contribution >= 4 is 17.5 Å². The molecule has 0 spiro atoms. The first-order valence-electron chi connectivity index (χ1n) is 14.4. The van der Waals surface area contributed by atoms with E-state index in [1.165, 1.54) is 11.1 Å². The summed E-state index contributed by atoms with van der Waals surface area (Å²) in [4.78, 5) is 18.3. The van der Waals surface area contributed by atoms with E-state index in [0.29, 0.717) is 23.6 Å². The molecule has 2 aromatic rings. The summed E-state index contributed by atoms with van der Waals surface area (Å²) in [5.41, 5.74) is 16.1. The van der Waals surface area contributed by atoms with E-state index in [1.807, 2.05) is 6.92 Å². The number of nitrogen functional groups attached to an aromatic ring is 1. The van der Waals surface area contributed by atoms with Crippen LogP contribution in [0.5, 0.6) is 5.75 Å². The molecule has 0 atom stereocenters. The van der Waals surface area contributed by atoms with Gasteiger partial charge in [0.25, 0.3) is 0 Å². The lowest BCUT2D eigenvalue weighted by atomic mass is 9.82. The number of hydrogen-bond donors (Lipinski definition) is 4. The van der Waals surface area contributed by atoms with Crippen molar-refractivity contribution in [3.8, 4) is 5.75 Å². The first-order valence-corrected chi connectivity index (χ1v) is 14.4. The third kappa shape index (κ3) is 11.6. The number of ether oxygens (including phenoxy) is 1. The number of nitrogens with zero attached hydrogens (tertiary/aromatic N) is 2. The van der Waals surface area contributed by atoms with E-state index in [1.54, 1.807) is 24.3 Å². The molecule has 40 heavy (non-hydrogen) atoms. The Morgan fingerprint density at radius 3 is 2.20 bits per heavy atom. The number of anilines is 1. The number of amidine groups is 1. The number of nitrogens with one attached hydrogen (secondary N) is 1. The van der Waals surface area contributed by atoms with Gasteiger partial charge in [-0.3, -0.25) is 4.99 Å². The molecule has 2 aromatic carbocycles. The summed E-state index contributed by atoms with van der Waals surface area (Å²) in [5.74, 6) is 1.18. The van der Waals surface area contributed by atoms with Crippen LogP contribution in [0.25, 0.3) is 0 Å². The number of nitrogens with two attached hydrogens (primary N) is 2. The molecule has 224 valence electrons. The zero-order chi connectivity index (χ0) is 30.3. The summed E-state index contributed by atoms with van der Waals surface area (Å²) < 4.78 is 5.18. The largest absolute Gasteiger partial charge is 0.507 e. The second-order valence-corrected chi connectivity index (χ2v) is 10.9. The summed E-state index contributed by atoms with van der Waals surface area (Å²) in [6, 6.07) is 8.86. The molecule has 0 saturated carbocycles. The number of carbonyl (C=O) groups is 1. The highest BCUT2D eigenvalue weighted by molar-refractivity contribution is 5.89. The minimum atomic E-state index is -0.294. The summed E-state index contributed by atoms with van der Waals surface area (Å²) >= 11 is 0. The number of phenols is 1. The van der Waals surface area contributed by atoms with E-state index in [-0.39, 0.29) is 11.4 Å². The number of aliphatic imine (C=N–C) groups is 1. The summed E-state index contributed by atoms with van der Waals surface area (Å²) in [5, 5.41) is 13.7. The van der Waals surface area contributed by atoms with Crippen LogP contribution in [0.15, 0.2) is 35.3 Å². The average molecular weight is 556 g/mol. The lowest BCUT2D eigenvalue weighted by molar-refractivity contribution is 0.0466. The van der Waals surface area contributed by atoms with E-state index in [4.69, 9.17) is 16.2 Å². The monoisotopic (exact) mass is 555 g/mol. The SMILES string of the molecule is CCCN.CCN(CC)CCOC(=O)c1ccc(N)cc1.Cc1cc(C(C)(C)C)c(O)c(C)c1CC1=NCCN1. The summed E-state index contributed by atoms with van der Waals surface area (Å²) in [7, 11) is 0. The Bertz CT molecular complexity index is 1070. The maximum Gasteiger partial charge on any atom is 0.338 e. The van der Waals surface area contributed by atoms with Crippen LogP contribution in [0, 0.1) is 13.8 Å². The first-order chi connectivity index (χ1) is 18.9. The fourth-order valence-corrected chi connectivity index (χ4v) is 4.10. The zero-order valence-electron chi connectivity index (χ0n) is 26.1. The van der Waals surface area contributed by atoms with Gasteiger partial charge in [0.05, 0.1) is 12.1 Å². The summed E-state index contributed by atoms with van der Waals surface area (Å²) in [6.45, 7) is 22.5. The zero-order valence-corrected chi connectivity index (χ0v) is 26.1. The van der Waals surface area contributed by atoms with E-state index in [0.717, 1.165) is 69.1 Å². The molecule has 0 aromatic heterocycles. The van der Waals surface area contributed by atoms with Gasteiger partial charge in [-0.05, 0) is 91.8 Å². The molecule has 0 saturated heterocycles. The van der Waals surface area contributed by atoms with Crippen molar-refractivity contribution in [2.24, 2.45) is 10.7 Å². The van der Waals surface area contributed by atoms with Crippen molar-refractivity contribution in [3.05, 3.63) is 58.1 Å². The van der Waals surface area contributed by atoms with Gasteiger partial charge in [0.1, 0.15) is 18.2 Å². The molecule has 0 unspecified atom stereocenters. The highest BCUT2D eigenvalue weighted by Crippen LogP contribution is 2.36. The number of aromatic hydroxyl groups is 1. The lowest BCUT2D eigenvalue weighted by Crippen LogP contribution is -2.27. The average Bonchev–Trinajstić information content (AvgIpc) is 3.44. The molecule has 1 heterocycles. The smallest absolute Gasteiger partial charge is 0.338 e. The van der Waals surface area contributed by atoms with Crippen LogP contribution in [0.2, 0.25) is 0 Å². The Morgan fingerprint density at radius 2 is 1.73 bits per heavy atom. The van der Waals surface area contributed by atoms with Gasteiger partial charge in [0.2, 0.25) is 0 Å². The number of rotatable bonds is 9. The Labute approximate surface area is 242 Å². The van der Waals surface area contributed by atoms with E-state index < -0.39 is 0 Å². The van der Waals surface area contributed by atoms with Gasteiger partial charge in [0.15, 0.2) is 0 Å². The third-order valence-electron chi connectivity index (χ3n) is 6.77. The minimum absolute atomic E-state index is 0.0404. The highest BCUT2D eigenvalue weighted by atomic mass is 16.5. The highest BCUT2D eigenvalue weighted by Gasteiger charge is 2.22. The Balaban J connectivity index is 0.000000355. The van der Waals surface area contributed by atoms with E-state index >= 15 is 0 Å².